The smallest absolute Gasteiger partial charge is 0.298 e. The lowest BCUT2D eigenvalue weighted by molar-refractivity contribution is 0.0431. The van der Waals surface area contributed by atoms with Crippen LogP contribution in [0.5, 0.6) is 0 Å². The Kier molecular flexibility index (Phi) is 7.72. The van der Waals surface area contributed by atoms with Crippen molar-refractivity contribution >= 4 is 57.8 Å². The Labute approximate surface area is 457 Å². The van der Waals surface area contributed by atoms with E-state index in [1.54, 1.807) is 47.5 Å². The fraction of sp³-hybridized carbons (Fsp3) is 0.119. The summed E-state index contributed by atoms with van der Waals surface area (Å²) in [7, 11) is -2.59. The molecule has 1 aliphatic heterocycles. The van der Waals surface area contributed by atoms with Crippen molar-refractivity contribution in [2.75, 3.05) is 16.5 Å². The molecule has 4 nitrogen and oxygen atoms in total. The molecular weight excluding hydrogens is 927 g/mol. The summed E-state index contributed by atoms with van der Waals surface area (Å²) in [5, 5.41) is 2.15. The topological polar surface area (TPSA) is 24.3 Å². The third-order valence-electron chi connectivity index (χ3n) is 13.9. The molecule has 0 spiro atoms. The van der Waals surface area contributed by atoms with Gasteiger partial charge >= 0.3 is 0 Å². The molecule has 0 bridgehead atoms. The Hall–Kier alpha value is -8.39. The molecule has 0 radical (unpaired) electrons. The van der Waals surface area contributed by atoms with Crippen molar-refractivity contribution in [1.82, 2.24) is 9.55 Å². The lowest BCUT2D eigenvalue weighted by Crippen LogP contribution is -2.39. The number of nitrogens with zero attached hydrogens (tertiary/aromatic N) is 4. The second-order valence-corrected chi connectivity index (χ2v) is 24.9. The Morgan fingerprint density at radius 1 is 0.514 bits per heavy atom. The van der Waals surface area contributed by atoms with Crippen LogP contribution in [0.4, 0.5) is 31.5 Å². The molecule has 0 saturated carbocycles. The van der Waals surface area contributed by atoms with E-state index < -0.39 is 168 Å². The summed E-state index contributed by atoms with van der Waals surface area (Å²) in [5.41, 5.74) is -1.62. The number of halogens is 2. The first-order chi connectivity index (χ1) is 42.9. The summed E-state index contributed by atoms with van der Waals surface area (Å²) < 4.78 is 194. The van der Waals surface area contributed by atoms with Crippen LogP contribution in [0.25, 0.3) is 61.0 Å². The van der Waals surface area contributed by atoms with Gasteiger partial charge in [-0.05, 0) is 94.0 Å². The van der Waals surface area contributed by atoms with E-state index in [9.17, 15) is 8.22 Å². The predicted molar refractivity (Wildman–Crippen MR) is 308 cm³/mol. The van der Waals surface area contributed by atoms with Crippen LogP contribution in [0, 0.1) is 0 Å². The van der Waals surface area contributed by atoms with Gasteiger partial charge in [0.15, 0.2) is 0 Å². The number of rotatable bonds is 11. The molecule has 0 fully saturated rings. The number of hydrogen-bond acceptors (Lipinski definition) is 3. The number of para-hydroxylation sites is 3. The molecular formula is C67H56F2N4Si. The molecule has 0 unspecified atom stereocenters. The van der Waals surface area contributed by atoms with Crippen LogP contribution in [-0.4, -0.2) is 24.3 Å². The van der Waals surface area contributed by atoms with Crippen molar-refractivity contribution in [3.8, 4) is 39.2 Å². The van der Waals surface area contributed by atoms with Gasteiger partial charge in [-0.1, -0.05) is 208 Å². The summed E-state index contributed by atoms with van der Waals surface area (Å²) in [6.45, 7) is 9.80. The molecule has 7 heteroatoms. The summed E-state index contributed by atoms with van der Waals surface area (Å²) in [6, 6.07) is 22.6. The highest BCUT2D eigenvalue weighted by molar-refractivity contribution is 6.88. The molecule has 0 N–H and O–H groups in total. The number of anilines is 4. The highest BCUT2D eigenvalue weighted by Gasteiger charge is 2.39. The van der Waals surface area contributed by atoms with E-state index in [1.165, 1.54) is 29.2 Å². The standard InChI is InChI=1S/C67H56F2N4Si/c1-66(2,50-28-16-9-17-29-50)51-36-37-70-64(43-51)73-60-31-19-18-30-56(60)57-35-34-52(42-63(57)73)67(68,69)53-40-54(44-55(41-53)74(3,4)5)71-45-72(62-33-21-20-32-61(62)71)65-58(47-24-12-7-13-25-47)38-49(46-22-10-6-11-23-46)39-59(65)48-26-14-8-15-27-48/h6-44H,45H2,1-5H3/i6D,7D,8D,10D,11D,12D,13D,14D,15D,22D,23D,24D,25D,26D,27D,38D,39D. The van der Waals surface area contributed by atoms with E-state index in [-0.39, 0.29) is 22.5 Å². The molecule has 0 atom stereocenters. The largest absolute Gasteiger partial charge is 0.321 e. The summed E-state index contributed by atoms with van der Waals surface area (Å²) in [6.07, 6.45) is 1.72. The van der Waals surface area contributed by atoms with Crippen LogP contribution >= 0.6 is 0 Å². The average molecular weight is 1000 g/mol. The van der Waals surface area contributed by atoms with Crippen molar-refractivity contribution in [3.63, 3.8) is 0 Å². The van der Waals surface area contributed by atoms with E-state index in [4.69, 9.17) is 20.1 Å². The summed E-state index contributed by atoms with van der Waals surface area (Å²) >= 11 is 0. The van der Waals surface area contributed by atoms with E-state index in [0.29, 0.717) is 27.6 Å². The third kappa shape index (κ3) is 8.18. The van der Waals surface area contributed by atoms with E-state index >= 15 is 8.78 Å². The molecule has 362 valence electrons. The van der Waals surface area contributed by atoms with Gasteiger partial charge in [0.1, 0.15) is 12.5 Å². The second kappa shape index (κ2) is 18.3. The van der Waals surface area contributed by atoms with E-state index in [0.717, 1.165) is 22.0 Å². The summed E-state index contributed by atoms with van der Waals surface area (Å²) in [4.78, 5) is 7.95. The first kappa shape index (κ1) is 31.3. The Bertz CT molecular complexity index is 4730. The Morgan fingerprint density at radius 2 is 1.09 bits per heavy atom. The second-order valence-electron chi connectivity index (χ2n) is 19.8. The van der Waals surface area contributed by atoms with E-state index in [2.05, 4.69) is 26.0 Å². The molecule has 0 saturated heterocycles. The number of fused-ring (bicyclic) bond motifs is 4. The maximum absolute atomic E-state index is 18.4. The van der Waals surface area contributed by atoms with Gasteiger partial charge in [-0.25, -0.2) is 4.98 Å². The normalized spacial score (nSPS) is 16.2. The van der Waals surface area contributed by atoms with Gasteiger partial charge in [-0.3, -0.25) is 4.57 Å². The number of pyridine rings is 1. The maximum atomic E-state index is 18.4. The Morgan fingerprint density at radius 3 is 1.74 bits per heavy atom. The van der Waals surface area contributed by atoms with Gasteiger partial charge in [0.05, 0.1) is 59.5 Å². The molecule has 11 aromatic rings. The monoisotopic (exact) mass is 1000 g/mol. The molecule has 74 heavy (non-hydrogen) atoms. The molecule has 0 amide bonds. The zero-order chi connectivity index (χ0) is 65.6. The van der Waals surface area contributed by atoms with Gasteiger partial charge in [0, 0.05) is 50.3 Å². The first-order valence-corrected chi connectivity index (χ1v) is 27.5. The van der Waals surface area contributed by atoms with Crippen molar-refractivity contribution in [3.05, 3.63) is 259 Å². The Balaban J connectivity index is 1.10. The zero-order valence-electron chi connectivity index (χ0n) is 58.0. The number of benzene rings is 9. The van der Waals surface area contributed by atoms with Crippen molar-refractivity contribution in [2.24, 2.45) is 0 Å². The highest BCUT2D eigenvalue weighted by Crippen LogP contribution is 2.52. The quantitative estimate of drug-likeness (QED) is 0.121. The van der Waals surface area contributed by atoms with Crippen LogP contribution in [-0.2, 0) is 11.3 Å². The van der Waals surface area contributed by atoms with Crippen LogP contribution in [0.3, 0.4) is 0 Å². The van der Waals surface area contributed by atoms with E-state index in [1.807, 2.05) is 78.8 Å². The average Bonchev–Trinajstić information content (AvgIpc) is 1.65. The molecule has 9 aromatic carbocycles. The van der Waals surface area contributed by atoms with Crippen molar-refractivity contribution < 1.29 is 32.1 Å². The van der Waals surface area contributed by atoms with Gasteiger partial charge in [-0.2, -0.15) is 8.78 Å². The predicted octanol–water partition coefficient (Wildman–Crippen LogP) is 17.4. The molecule has 1 aliphatic rings. The maximum Gasteiger partial charge on any atom is 0.298 e. The van der Waals surface area contributed by atoms with Crippen LogP contribution in [0.15, 0.2) is 236 Å². The lowest BCUT2D eigenvalue weighted by Gasteiger charge is -2.29. The molecule has 3 heterocycles. The van der Waals surface area contributed by atoms with Gasteiger partial charge in [0.2, 0.25) is 0 Å². The van der Waals surface area contributed by atoms with Gasteiger partial charge < -0.3 is 9.80 Å². The fourth-order valence-corrected chi connectivity index (χ4v) is 11.1. The van der Waals surface area contributed by atoms with Crippen molar-refractivity contribution in [1.29, 1.82) is 0 Å². The van der Waals surface area contributed by atoms with Gasteiger partial charge in [0.25, 0.3) is 5.92 Å². The van der Waals surface area contributed by atoms with Crippen LogP contribution in [0.2, 0.25) is 19.6 Å². The van der Waals surface area contributed by atoms with Crippen LogP contribution < -0.4 is 15.0 Å². The van der Waals surface area contributed by atoms with Gasteiger partial charge in [-0.15, -0.1) is 0 Å². The van der Waals surface area contributed by atoms with Crippen LogP contribution in [0.1, 0.15) is 59.4 Å². The number of aromatic nitrogens is 2. The summed E-state index contributed by atoms with van der Waals surface area (Å²) in [5.74, 6) is -3.18. The SMILES string of the molecule is [2H]c1c([2H])c([2H])c(-c2c([2H])c(-c3c([2H])c([2H])c([2H])c([2H])c3[2H])c(N3CN(c4cc(C(F)(F)c5ccc6c7ccccc7n(-c7cc(C(C)(C)c8ccccc8)ccn7)c6c5)cc([Si](C)(C)C)c4)c4ccccc43)c(-c3c([2H])c([2H])c([2H])c([2H])c3[2H])c2[2H])c([2H])c1[2H]. The minimum Gasteiger partial charge on any atom is -0.321 e. The first-order valence-electron chi connectivity index (χ1n) is 32.5. The molecule has 2 aromatic heterocycles. The number of hydrogen-bond donors (Lipinski definition) is 0. The number of alkyl halides is 2. The minimum absolute atomic E-state index is 0.203. The minimum atomic E-state index is -3.70. The highest BCUT2D eigenvalue weighted by atomic mass is 28.3. The molecule has 0 aliphatic carbocycles. The zero-order valence-corrected chi connectivity index (χ0v) is 42.0. The molecule has 12 rings (SSSR count). The van der Waals surface area contributed by atoms with Crippen molar-refractivity contribution in [2.45, 2.75) is 44.8 Å². The lowest BCUT2D eigenvalue weighted by atomic mass is 9.78. The fourth-order valence-electron chi connectivity index (χ4n) is 9.94. The third-order valence-corrected chi connectivity index (χ3v) is 15.9.